The van der Waals surface area contributed by atoms with Gasteiger partial charge in [-0.15, -0.1) is 0 Å². The van der Waals surface area contributed by atoms with Crippen LogP contribution in [0.3, 0.4) is 0 Å². The number of rotatable bonds is 8. The summed E-state index contributed by atoms with van der Waals surface area (Å²) in [5.41, 5.74) is 0. The molecule has 0 heterocycles. The number of hydrogen-bond donors (Lipinski definition) is 0. The molecule has 0 atom stereocenters. The van der Waals surface area contributed by atoms with Crippen molar-refractivity contribution in [1.29, 1.82) is 0 Å². The first kappa shape index (κ1) is 18.9. The van der Waals surface area contributed by atoms with E-state index in [-0.39, 0.29) is 24.7 Å². The van der Waals surface area contributed by atoms with Crippen LogP contribution in [0.2, 0.25) is 0 Å². The first-order valence-corrected chi connectivity index (χ1v) is 9.81. The highest BCUT2D eigenvalue weighted by atomic mass is 19.2. The average Bonchev–Trinajstić information content (AvgIpc) is 3.34. The Balaban J connectivity index is 1.47. The van der Waals surface area contributed by atoms with Gasteiger partial charge in [0.25, 0.3) is 0 Å². The van der Waals surface area contributed by atoms with Crippen molar-refractivity contribution < 1.29 is 18.3 Å². The molecule has 2 fully saturated rings. The maximum Gasteiger partial charge on any atom is 0.204 e. The second-order valence-corrected chi connectivity index (χ2v) is 7.26. The summed E-state index contributed by atoms with van der Waals surface area (Å²) in [4.78, 5) is 0. The highest BCUT2D eigenvalue weighted by Crippen LogP contribution is 2.29. The van der Waals surface area contributed by atoms with Crippen LogP contribution in [0.15, 0.2) is 36.4 Å². The molecule has 26 heavy (non-hydrogen) atoms. The fourth-order valence-electron chi connectivity index (χ4n) is 3.81. The first-order chi connectivity index (χ1) is 12.7. The lowest BCUT2D eigenvalue weighted by Gasteiger charge is -2.10. The molecular formula is C22H28F2O2. The van der Waals surface area contributed by atoms with E-state index in [0.717, 1.165) is 0 Å². The van der Waals surface area contributed by atoms with Gasteiger partial charge in [-0.1, -0.05) is 50.0 Å². The van der Waals surface area contributed by atoms with E-state index in [1.54, 1.807) is 0 Å². The molecule has 2 aliphatic carbocycles. The van der Waals surface area contributed by atoms with Gasteiger partial charge in [0.15, 0.2) is 11.5 Å². The molecule has 4 heteroatoms. The van der Waals surface area contributed by atoms with Gasteiger partial charge in [-0.3, -0.25) is 0 Å². The predicted octanol–water partition coefficient (Wildman–Crippen LogP) is 6.22. The van der Waals surface area contributed by atoms with Gasteiger partial charge >= 0.3 is 0 Å². The smallest absolute Gasteiger partial charge is 0.204 e. The molecule has 0 unspecified atom stereocenters. The maximum atomic E-state index is 14.1. The summed E-state index contributed by atoms with van der Waals surface area (Å²) in [5, 5.41) is 0. The summed E-state index contributed by atoms with van der Waals surface area (Å²) in [6, 6.07) is 2.86. The number of ether oxygens (including phenoxy) is 2. The minimum absolute atomic E-state index is 0.0765. The summed E-state index contributed by atoms with van der Waals surface area (Å²) < 4.78 is 39.0. The molecule has 2 aliphatic rings. The summed E-state index contributed by atoms with van der Waals surface area (Å²) in [6.07, 6.45) is 17.9. The van der Waals surface area contributed by atoms with Crippen LogP contribution in [0, 0.1) is 23.5 Å². The summed E-state index contributed by atoms with van der Waals surface area (Å²) in [7, 11) is 0. The van der Waals surface area contributed by atoms with Crippen molar-refractivity contribution in [1.82, 2.24) is 0 Å². The third-order valence-corrected chi connectivity index (χ3v) is 5.30. The fourth-order valence-corrected chi connectivity index (χ4v) is 3.81. The fraction of sp³-hybridized carbons (Fsp3) is 0.545. The number of allylic oxidation sites excluding steroid dienone is 2. The van der Waals surface area contributed by atoms with E-state index >= 15 is 0 Å². The molecule has 2 saturated carbocycles. The molecule has 142 valence electrons. The van der Waals surface area contributed by atoms with Crippen molar-refractivity contribution in [2.75, 3.05) is 13.2 Å². The van der Waals surface area contributed by atoms with Gasteiger partial charge in [0.1, 0.15) is 13.2 Å². The Morgan fingerprint density at radius 3 is 1.50 bits per heavy atom. The van der Waals surface area contributed by atoms with Crippen LogP contribution in [-0.2, 0) is 0 Å². The second kappa shape index (κ2) is 9.75. The zero-order valence-corrected chi connectivity index (χ0v) is 15.3. The molecule has 0 aliphatic heterocycles. The molecule has 0 radical (unpaired) electrons. The van der Waals surface area contributed by atoms with Crippen LogP contribution in [0.5, 0.6) is 11.5 Å². The second-order valence-electron chi connectivity index (χ2n) is 7.26. The average molecular weight is 362 g/mol. The van der Waals surface area contributed by atoms with Crippen molar-refractivity contribution in [3.8, 4) is 11.5 Å². The lowest BCUT2D eigenvalue weighted by Crippen LogP contribution is -2.02. The number of benzene rings is 1. The lowest BCUT2D eigenvalue weighted by atomic mass is 10.1. The van der Waals surface area contributed by atoms with Crippen molar-refractivity contribution in [2.24, 2.45) is 11.8 Å². The van der Waals surface area contributed by atoms with Crippen molar-refractivity contribution in [3.05, 3.63) is 48.1 Å². The quantitative estimate of drug-likeness (QED) is 0.511. The van der Waals surface area contributed by atoms with Gasteiger partial charge in [-0.25, -0.2) is 0 Å². The van der Waals surface area contributed by atoms with Crippen LogP contribution in [0.4, 0.5) is 8.78 Å². The molecule has 1 aromatic rings. The van der Waals surface area contributed by atoms with Crippen molar-refractivity contribution in [2.45, 2.75) is 51.4 Å². The van der Waals surface area contributed by atoms with Crippen molar-refractivity contribution >= 4 is 0 Å². The van der Waals surface area contributed by atoms with Gasteiger partial charge in [-0.05, 0) is 49.7 Å². The molecule has 0 amide bonds. The Morgan fingerprint density at radius 1 is 0.731 bits per heavy atom. The normalized spacial score (nSPS) is 19.2. The molecule has 0 aromatic heterocycles. The van der Waals surface area contributed by atoms with E-state index in [4.69, 9.17) is 9.47 Å². The Morgan fingerprint density at radius 2 is 1.12 bits per heavy atom. The van der Waals surface area contributed by atoms with Gasteiger partial charge in [0, 0.05) is 0 Å². The van der Waals surface area contributed by atoms with Crippen LogP contribution in [0.1, 0.15) is 51.4 Å². The largest absolute Gasteiger partial charge is 0.486 e. The van der Waals surface area contributed by atoms with Gasteiger partial charge in [0.05, 0.1) is 0 Å². The molecular weight excluding hydrogens is 334 g/mol. The minimum atomic E-state index is -0.989. The number of halogens is 2. The molecule has 0 bridgehead atoms. The standard InChI is InChI=1S/C22H28F2O2/c23-21-19(25-15-5-11-17-7-1-2-8-17)13-14-20(22(21)24)26-16-6-12-18-9-3-4-10-18/h5-6,11-14,17-18H,1-4,7-10,15-16H2/b11-5+,12-6+. The van der Waals surface area contributed by atoms with E-state index in [0.29, 0.717) is 11.8 Å². The third-order valence-electron chi connectivity index (χ3n) is 5.30. The molecule has 0 spiro atoms. The molecule has 3 rings (SSSR count). The van der Waals surface area contributed by atoms with Gasteiger partial charge < -0.3 is 9.47 Å². The van der Waals surface area contributed by atoms with Crippen molar-refractivity contribution in [3.63, 3.8) is 0 Å². The monoisotopic (exact) mass is 362 g/mol. The first-order valence-electron chi connectivity index (χ1n) is 9.81. The Labute approximate surface area is 154 Å². The number of hydrogen-bond acceptors (Lipinski definition) is 2. The maximum absolute atomic E-state index is 14.1. The topological polar surface area (TPSA) is 18.5 Å². The summed E-state index contributed by atoms with van der Waals surface area (Å²) >= 11 is 0. The zero-order valence-electron chi connectivity index (χ0n) is 15.3. The predicted molar refractivity (Wildman–Crippen MR) is 99.5 cm³/mol. The Kier molecular flexibility index (Phi) is 7.10. The zero-order chi connectivity index (χ0) is 18.2. The van der Waals surface area contributed by atoms with Gasteiger partial charge in [0.2, 0.25) is 11.6 Å². The SMILES string of the molecule is Fc1c(OC/C=C/C2CCCC2)ccc(OC/C=C/C2CCCC2)c1F. The van der Waals surface area contributed by atoms with Crippen LogP contribution < -0.4 is 9.47 Å². The van der Waals surface area contributed by atoms with E-state index in [9.17, 15) is 8.78 Å². The molecule has 1 aromatic carbocycles. The van der Waals surface area contributed by atoms with E-state index in [1.807, 2.05) is 12.2 Å². The lowest BCUT2D eigenvalue weighted by molar-refractivity contribution is 0.308. The van der Waals surface area contributed by atoms with E-state index in [1.165, 1.54) is 63.5 Å². The van der Waals surface area contributed by atoms with Crippen LogP contribution in [0.25, 0.3) is 0 Å². The molecule has 0 saturated heterocycles. The minimum Gasteiger partial charge on any atom is -0.486 e. The molecule has 0 N–H and O–H groups in total. The Bertz CT molecular complexity index is 572. The van der Waals surface area contributed by atoms with E-state index in [2.05, 4.69) is 12.2 Å². The van der Waals surface area contributed by atoms with Gasteiger partial charge in [-0.2, -0.15) is 8.78 Å². The summed E-state index contributed by atoms with van der Waals surface area (Å²) in [5.74, 6) is -0.922. The molecule has 2 nitrogen and oxygen atoms in total. The highest BCUT2D eigenvalue weighted by Gasteiger charge is 2.16. The summed E-state index contributed by atoms with van der Waals surface area (Å²) in [6.45, 7) is 0.494. The Hall–Kier alpha value is -1.84. The van der Waals surface area contributed by atoms with Crippen LogP contribution in [-0.4, -0.2) is 13.2 Å². The van der Waals surface area contributed by atoms with Crippen LogP contribution >= 0.6 is 0 Å². The third kappa shape index (κ3) is 5.33. The van der Waals surface area contributed by atoms with E-state index < -0.39 is 11.6 Å². The highest BCUT2D eigenvalue weighted by molar-refractivity contribution is 5.35.